The van der Waals surface area contributed by atoms with Crippen LogP contribution in [0.5, 0.6) is 0 Å². The number of alkyl halides is 1. The Bertz CT molecular complexity index is 99.6. The normalized spacial score (nSPS) is 27.6. The second-order valence-corrected chi connectivity index (χ2v) is 4.28. The summed E-state index contributed by atoms with van der Waals surface area (Å²) in [6.07, 6.45) is 3.32. The zero-order chi connectivity index (χ0) is 7.40. The summed E-state index contributed by atoms with van der Waals surface area (Å²) in [6, 6.07) is 0. The molecule has 1 aliphatic rings. The van der Waals surface area contributed by atoms with Crippen molar-refractivity contribution in [3.05, 3.63) is 0 Å². The molecule has 1 aliphatic heterocycles. The Hall–Kier alpha value is 0.600. The number of hydrogen-bond acceptors (Lipinski definition) is 2. The molecule has 1 fully saturated rings. The summed E-state index contributed by atoms with van der Waals surface area (Å²) >= 11 is 7.84. The van der Waals surface area contributed by atoms with Crippen molar-refractivity contribution in [2.24, 2.45) is 0 Å². The van der Waals surface area contributed by atoms with Gasteiger partial charge in [-0.15, -0.1) is 11.6 Å². The lowest BCUT2D eigenvalue weighted by atomic mass is 10.4. The van der Waals surface area contributed by atoms with Crippen LogP contribution in [0.15, 0.2) is 0 Å². The third kappa shape index (κ3) is 2.69. The smallest absolute Gasteiger partial charge is 0.0475 e. The fourth-order valence-corrected chi connectivity index (χ4v) is 1.94. The van der Waals surface area contributed by atoms with Crippen molar-refractivity contribution in [1.29, 1.82) is 0 Å². The van der Waals surface area contributed by atoms with Crippen LogP contribution in [0.3, 0.4) is 0 Å². The van der Waals surface area contributed by atoms with Gasteiger partial charge in [0.15, 0.2) is 0 Å². The number of hydrogen-bond donors (Lipinski definition) is 0. The molecule has 1 heterocycles. The molecule has 0 amide bonds. The van der Waals surface area contributed by atoms with Gasteiger partial charge in [0.25, 0.3) is 0 Å². The predicted molar refractivity (Wildman–Crippen MR) is 49.1 cm³/mol. The number of likely N-dealkylation sites (tertiary alicyclic amines) is 1. The highest BCUT2D eigenvalue weighted by Gasteiger charge is 2.18. The van der Waals surface area contributed by atoms with Crippen molar-refractivity contribution < 1.29 is 0 Å². The fraction of sp³-hybridized carbons (Fsp3) is 1.00. The molecule has 0 saturated carbocycles. The lowest BCUT2D eigenvalue weighted by Gasteiger charge is -2.12. The Labute approximate surface area is 72.1 Å². The molecule has 0 aliphatic carbocycles. The first-order valence-electron chi connectivity index (χ1n) is 3.68. The lowest BCUT2D eigenvalue weighted by molar-refractivity contribution is 0.362. The Morgan fingerprint density at radius 1 is 1.70 bits per heavy atom. The second-order valence-electron chi connectivity index (χ2n) is 2.68. The van der Waals surface area contributed by atoms with Gasteiger partial charge in [-0.3, -0.25) is 0 Å². The molecule has 0 aromatic carbocycles. The lowest BCUT2D eigenvalue weighted by Crippen LogP contribution is -2.23. The molecular formula is C7H14ClNS. The van der Waals surface area contributed by atoms with Crippen LogP contribution in [0.4, 0.5) is 0 Å². The maximum atomic E-state index is 5.94. The Balaban J connectivity index is 2.06. The average molecular weight is 180 g/mol. The maximum Gasteiger partial charge on any atom is 0.0475 e. The minimum Gasteiger partial charge on any atom is -0.301 e. The molecule has 0 radical (unpaired) electrons. The van der Waals surface area contributed by atoms with Crippen LogP contribution in [0.2, 0.25) is 0 Å². The number of thioether (sulfide) groups is 1. The van der Waals surface area contributed by atoms with E-state index in [1.54, 1.807) is 0 Å². The maximum absolute atomic E-state index is 5.94. The van der Waals surface area contributed by atoms with E-state index in [0.29, 0.717) is 5.38 Å². The second kappa shape index (κ2) is 4.47. The third-order valence-corrected chi connectivity index (χ3v) is 2.77. The first-order chi connectivity index (χ1) is 4.83. The van der Waals surface area contributed by atoms with Gasteiger partial charge in [-0.25, -0.2) is 0 Å². The summed E-state index contributed by atoms with van der Waals surface area (Å²) in [6.45, 7) is 3.52. The molecule has 1 unspecified atom stereocenters. The highest BCUT2D eigenvalue weighted by molar-refractivity contribution is 7.98. The van der Waals surface area contributed by atoms with E-state index in [1.807, 2.05) is 11.8 Å². The van der Waals surface area contributed by atoms with Crippen LogP contribution < -0.4 is 0 Å². The van der Waals surface area contributed by atoms with Gasteiger partial charge in [0.2, 0.25) is 0 Å². The van der Waals surface area contributed by atoms with Crippen LogP contribution in [0.25, 0.3) is 0 Å². The average Bonchev–Trinajstić information content (AvgIpc) is 2.31. The van der Waals surface area contributed by atoms with Crippen molar-refractivity contribution in [2.75, 3.05) is 31.6 Å². The van der Waals surface area contributed by atoms with Gasteiger partial charge in [0.1, 0.15) is 0 Å². The molecule has 0 bridgehead atoms. The minimum absolute atomic E-state index is 0.418. The van der Waals surface area contributed by atoms with Gasteiger partial charge in [0, 0.05) is 24.2 Å². The Morgan fingerprint density at radius 2 is 2.50 bits per heavy atom. The molecule has 1 saturated heterocycles. The highest BCUT2D eigenvalue weighted by atomic mass is 35.5. The summed E-state index contributed by atoms with van der Waals surface area (Å²) in [5.74, 6) is 1.24. The standard InChI is InChI=1S/C7H14ClNS/c1-10-5-4-9-3-2-7(8)6-9/h7H,2-6H2,1H3. The van der Waals surface area contributed by atoms with Gasteiger partial charge >= 0.3 is 0 Å². The van der Waals surface area contributed by atoms with Crippen LogP contribution in [0, 0.1) is 0 Å². The van der Waals surface area contributed by atoms with Crippen LogP contribution in [-0.4, -0.2) is 41.9 Å². The van der Waals surface area contributed by atoms with Gasteiger partial charge < -0.3 is 4.90 Å². The van der Waals surface area contributed by atoms with Gasteiger partial charge in [-0.2, -0.15) is 11.8 Å². The van der Waals surface area contributed by atoms with E-state index in [4.69, 9.17) is 11.6 Å². The van der Waals surface area contributed by atoms with Gasteiger partial charge in [-0.05, 0) is 19.2 Å². The van der Waals surface area contributed by atoms with Crippen LogP contribution in [-0.2, 0) is 0 Å². The summed E-state index contributed by atoms with van der Waals surface area (Å²) in [5, 5.41) is 0.418. The van der Waals surface area contributed by atoms with E-state index >= 15 is 0 Å². The Morgan fingerprint density at radius 3 is 3.00 bits per heavy atom. The summed E-state index contributed by atoms with van der Waals surface area (Å²) in [5.41, 5.74) is 0. The SMILES string of the molecule is CSCCN1CCC(Cl)C1. The van der Waals surface area contributed by atoms with Crippen molar-refractivity contribution in [3.8, 4) is 0 Å². The van der Waals surface area contributed by atoms with Crippen LogP contribution >= 0.6 is 23.4 Å². The summed E-state index contributed by atoms with van der Waals surface area (Å²) < 4.78 is 0. The largest absolute Gasteiger partial charge is 0.301 e. The number of rotatable bonds is 3. The molecule has 0 spiro atoms. The molecule has 0 aromatic heterocycles. The van der Waals surface area contributed by atoms with E-state index in [0.717, 1.165) is 6.54 Å². The van der Waals surface area contributed by atoms with Crippen molar-refractivity contribution in [1.82, 2.24) is 4.90 Å². The summed E-state index contributed by atoms with van der Waals surface area (Å²) in [4.78, 5) is 2.44. The molecule has 1 nitrogen and oxygen atoms in total. The van der Waals surface area contributed by atoms with E-state index in [2.05, 4.69) is 11.2 Å². The number of halogens is 1. The van der Waals surface area contributed by atoms with Crippen molar-refractivity contribution >= 4 is 23.4 Å². The van der Waals surface area contributed by atoms with Crippen molar-refractivity contribution in [2.45, 2.75) is 11.8 Å². The molecule has 1 atom stereocenters. The Kier molecular flexibility index (Phi) is 3.89. The molecule has 60 valence electrons. The third-order valence-electron chi connectivity index (χ3n) is 1.83. The molecular weight excluding hydrogens is 166 g/mol. The molecule has 0 aromatic rings. The first-order valence-corrected chi connectivity index (χ1v) is 5.51. The highest BCUT2D eigenvalue weighted by Crippen LogP contribution is 2.14. The number of nitrogens with zero attached hydrogens (tertiary/aromatic N) is 1. The molecule has 10 heavy (non-hydrogen) atoms. The summed E-state index contributed by atoms with van der Waals surface area (Å²) in [7, 11) is 0. The van der Waals surface area contributed by atoms with E-state index in [1.165, 1.54) is 25.3 Å². The molecule has 0 N–H and O–H groups in total. The fourth-order valence-electron chi connectivity index (χ4n) is 1.21. The van der Waals surface area contributed by atoms with Gasteiger partial charge in [-0.1, -0.05) is 0 Å². The molecule has 3 heteroatoms. The zero-order valence-electron chi connectivity index (χ0n) is 6.35. The monoisotopic (exact) mass is 179 g/mol. The van der Waals surface area contributed by atoms with E-state index in [9.17, 15) is 0 Å². The minimum atomic E-state index is 0.418. The molecule has 1 rings (SSSR count). The van der Waals surface area contributed by atoms with Crippen molar-refractivity contribution in [3.63, 3.8) is 0 Å². The quantitative estimate of drug-likeness (QED) is 0.607. The van der Waals surface area contributed by atoms with Gasteiger partial charge in [0.05, 0.1) is 0 Å². The first kappa shape index (κ1) is 8.69. The van der Waals surface area contributed by atoms with E-state index < -0.39 is 0 Å². The topological polar surface area (TPSA) is 3.24 Å². The predicted octanol–water partition coefficient (Wildman–Crippen LogP) is 1.66. The van der Waals surface area contributed by atoms with Crippen LogP contribution in [0.1, 0.15) is 6.42 Å². The zero-order valence-corrected chi connectivity index (χ0v) is 7.92. The van der Waals surface area contributed by atoms with E-state index in [-0.39, 0.29) is 0 Å².